The van der Waals surface area contributed by atoms with Crippen LogP contribution in [-0.4, -0.2) is 33.7 Å². The van der Waals surface area contributed by atoms with Crippen LogP contribution in [0.5, 0.6) is 0 Å². The Morgan fingerprint density at radius 1 is 1.25 bits per heavy atom. The number of aromatic amines is 1. The summed E-state index contributed by atoms with van der Waals surface area (Å²) in [5, 5.41) is 15.8. The summed E-state index contributed by atoms with van der Waals surface area (Å²) in [5.41, 5.74) is 7.18. The van der Waals surface area contributed by atoms with Crippen molar-refractivity contribution in [2.45, 2.75) is 12.8 Å². The molecule has 0 amide bonds. The van der Waals surface area contributed by atoms with Gasteiger partial charge < -0.3 is 20.9 Å². The van der Waals surface area contributed by atoms with E-state index < -0.39 is 11.9 Å². The van der Waals surface area contributed by atoms with Crippen LogP contribution in [0.3, 0.4) is 0 Å². The molecule has 108 valence electrons. The molecule has 0 aliphatic heterocycles. The number of aromatic nitrogens is 1. The van der Waals surface area contributed by atoms with Gasteiger partial charge in [0.25, 0.3) is 0 Å². The minimum atomic E-state index is -1.82. The van der Waals surface area contributed by atoms with Gasteiger partial charge in [-0.1, -0.05) is 12.1 Å². The number of nitrogens with two attached hydrogens (primary N) is 1. The number of para-hydroxylation sites is 1. The quantitative estimate of drug-likeness (QED) is 0.634. The Balaban J connectivity index is 0.000000286. The first-order valence-electron chi connectivity index (χ1n) is 5.88. The Labute approximate surface area is 114 Å². The molecule has 1 aromatic heterocycles. The number of carboxylic acid groups (broad SMARTS) is 2. The lowest BCUT2D eigenvalue weighted by atomic mass is 10.1. The van der Waals surface area contributed by atoms with Gasteiger partial charge in [-0.05, 0) is 31.0 Å². The van der Waals surface area contributed by atoms with Crippen molar-refractivity contribution < 1.29 is 24.2 Å². The van der Waals surface area contributed by atoms with E-state index in [9.17, 15) is 4.39 Å². The van der Waals surface area contributed by atoms with Gasteiger partial charge >= 0.3 is 11.9 Å². The van der Waals surface area contributed by atoms with E-state index in [1.54, 1.807) is 6.07 Å². The topological polar surface area (TPSA) is 116 Å². The van der Waals surface area contributed by atoms with E-state index in [1.165, 1.54) is 6.07 Å². The van der Waals surface area contributed by atoms with Gasteiger partial charge in [-0.25, -0.2) is 14.0 Å². The maximum atomic E-state index is 13.3. The van der Waals surface area contributed by atoms with E-state index in [4.69, 9.17) is 25.5 Å². The Kier molecular flexibility index (Phi) is 5.67. The number of aliphatic carboxylic acids is 2. The van der Waals surface area contributed by atoms with E-state index in [2.05, 4.69) is 4.98 Å². The number of H-pyrrole nitrogens is 1. The van der Waals surface area contributed by atoms with Crippen LogP contribution in [0, 0.1) is 5.82 Å². The van der Waals surface area contributed by atoms with Crippen molar-refractivity contribution in [2.24, 2.45) is 5.73 Å². The van der Waals surface area contributed by atoms with Gasteiger partial charge in [0.05, 0.1) is 5.52 Å². The second-order valence-electron chi connectivity index (χ2n) is 3.98. The Bertz CT molecular complexity index is 597. The number of rotatable bonds is 3. The number of aryl methyl sites for hydroxylation is 1. The zero-order chi connectivity index (χ0) is 15.1. The maximum absolute atomic E-state index is 13.3. The molecule has 0 saturated heterocycles. The first kappa shape index (κ1) is 15.6. The second kappa shape index (κ2) is 7.25. The predicted octanol–water partition coefficient (Wildman–Crippen LogP) is 1.35. The van der Waals surface area contributed by atoms with Crippen molar-refractivity contribution in [1.82, 2.24) is 4.98 Å². The summed E-state index contributed by atoms with van der Waals surface area (Å²) in [5.74, 6) is -3.84. The lowest BCUT2D eigenvalue weighted by molar-refractivity contribution is -0.159. The molecule has 6 nitrogen and oxygen atoms in total. The van der Waals surface area contributed by atoms with Crippen molar-refractivity contribution in [1.29, 1.82) is 0 Å². The molecule has 0 bridgehead atoms. The summed E-state index contributed by atoms with van der Waals surface area (Å²) in [6.07, 6.45) is 3.70. The van der Waals surface area contributed by atoms with Crippen LogP contribution in [0.4, 0.5) is 4.39 Å². The average molecular weight is 282 g/mol. The molecule has 1 heterocycles. The van der Waals surface area contributed by atoms with Crippen LogP contribution in [0.1, 0.15) is 12.0 Å². The third-order valence-corrected chi connectivity index (χ3v) is 2.58. The lowest BCUT2D eigenvalue weighted by Gasteiger charge is -1.97. The highest BCUT2D eigenvalue weighted by atomic mass is 19.1. The third kappa shape index (κ3) is 4.06. The van der Waals surface area contributed by atoms with E-state index in [0.717, 1.165) is 23.8 Å². The molecule has 0 aliphatic rings. The SMILES string of the molecule is NCCCc1c[nH]c2c(F)cccc12.O=C(O)C(=O)O. The van der Waals surface area contributed by atoms with Crippen LogP contribution < -0.4 is 5.73 Å². The van der Waals surface area contributed by atoms with Crippen LogP contribution in [0.2, 0.25) is 0 Å². The lowest BCUT2D eigenvalue weighted by Crippen LogP contribution is -2.09. The van der Waals surface area contributed by atoms with Gasteiger partial charge in [-0.2, -0.15) is 0 Å². The van der Waals surface area contributed by atoms with Crippen molar-refractivity contribution in [3.8, 4) is 0 Å². The summed E-state index contributed by atoms with van der Waals surface area (Å²) in [4.78, 5) is 21.1. The predicted molar refractivity (Wildman–Crippen MR) is 70.9 cm³/mol. The summed E-state index contributed by atoms with van der Waals surface area (Å²) < 4.78 is 13.3. The van der Waals surface area contributed by atoms with Gasteiger partial charge in [0.15, 0.2) is 0 Å². The van der Waals surface area contributed by atoms with Crippen molar-refractivity contribution >= 4 is 22.8 Å². The zero-order valence-electron chi connectivity index (χ0n) is 10.6. The molecule has 1 aromatic carbocycles. The average Bonchev–Trinajstić information content (AvgIpc) is 2.81. The highest BCUT2D eigenvalue weighted by Crippen LogP contribution is 2.21. The smallest absolute Gasteiger partial charge is 0.414 e. The number of hydrogen-bond acceptors (Lipinski definition) is 3. The maximum Gasteiger partial charge on any atom is 0.414 e. The first-order chi connectivity index (χ1) is 9.47. The highest BCUT2D eigenvalue weighted by molar-refractivity contribution is 6.27. The molecule has 0 atom stereocenters. The highest BCUT2D eigenvalue weighted by Gasteiger charge is 2.06. The van der Waals surface area contributed by atoms with Crippen LogP contribution in [0.25, 0.3) is 10.9 Å². The molecular formula is C13H15FN2O4. The molecule has 2 rings (SSSR count). The molecular weight excluding hydrogens is 267 g/mol. The summed E-state index contributed by atoms with van der Waals surface area (Å²) >= 11 is 0. The molecule has 20 heavy (non-hydrogen) atoms. The molecule has 0 fully saturated rings. The number of carbonyl (C=O) groups is 2. The zero-order valence-corrected chi connectivity index (χ0v) is 10.6. The summed E-state index contributed by atoms with van der Waals surface area (Å²) in [6.45, 7) is 0.669. The fourth-order valence-electron chi connectivity index (χ4n) is 1.67. The van der Waals surface area contributed by atoms with E-state index in [1.807, 2.05) is 12.3 Å². The van der Waals surface area contributed by atoms with Gasteiger partial charge in [0.2, 0.25) is 0 Å². The molecule has 0 spiro atoms. The van der Waals surface area contributed by atoms with Crippen molar-refractivity contribution in [2.75, 3.05) is 6.54 Å². The Hall–Kier alpha value is -2.41. The second-order valence-corrected chi connectivity index (χ2v) is 3.98. The van der Waals surface area contributed by atoms with Crippen LogP contribution in [-0.2, 0) is 16.0 Å². The molecule has 0 aliphatic carbocycles. The largest absolute Gasteiger partial charge is 0.473 e. The van der Waals surface area contributed by atoms with E-state index in [0.29, 0.717) is 12.1 Å². The molecule has 7 heteroatoms. The fourth-order valence-corrected chi connectivity index (χ4v) is 1.67. The van der Waals surface area contributed by atoms with Gasteiger partial charge in [0, 0.05) is 11.6 Å². The first-order valence-corrected chi connectivity index (χ1v) is 5.88. The Morgan fingerprint density at radius 3 is 2.45 bits per heavy atom. The number of halogens is 1. The van der Waals surface area contributed by atoms with Gasteiger partial charge in [-0.3, -0.25) is 0 Å². The number of hydrogen-bond donors (Lipinski definition) is 4. The van der Waals surface area contributed by atoms with E-state index in [-0.39, 0.29) is 5.82 Å². The summed E-state index contributed by atoms with van der Waals surface area (Å²) in [6, 6.07) is 5.13. The third-order valence-electron chi connectivity index (χ3n) is 2.58. The molecule has 2 aromatic rings. The van der Waals surface area contributed by atoms with E-state index >= 15 is 0 Å². The standard InChI is InChI=1S/C11H13FN2.C2H2O4/c12-10-5-1-4-9-8(3-2-6-13)7-14-11(9)10;3-1(4)2(5)6/h1,4-5,7,14H,2-3,6,13H2;(H,3,4)(H,5,6). The molecule has 0 saturated carbocycles. The Morgan fingerprint density at radius 2 is 1.90 bits per heavy atom. The normalized spacial score (nSPS) is 9.90. The number of benzene rings is 1. The molecule has 0 radical (unpaired) electrons. The van der Waals surface area contributed by atoms with Crippen molar-refractivity contribution in [3.05, 3.63) is 35.8 Å². The van der Waals surface area contributed by atoms with Crippen LogP contribution >= 0.6 is 0 Å². The van der Waals surface area contributed by atoms with Gasteiger partial charge in [0.1, 0.15) is 5.82 Å². The van der Waals surface area contributed by atoms with Crippen LogP contribution in [0.15, 0.2) is 24.4 Å². The minimum absolute atomic E-state index is 0.193. The monoisotopic (exact) mass is 282 g/mol. The number of carboxylic acids is 2. The fraction of sp³-hybridized carbons (Fsp3) is 0.231. The van der Waals surface area contributed by atoms with Gasteiger partial charge in [-0.15, -0.1) is 0 Å². The number of nitrogens with one attached hydrogen (secondary N) is 1. The summed E-state index contributed by atoms with van der Waals surface area (Å²) in [7, 11) is 0. The molecule has 5 N–H and O–H groups in total. The molecule has 0 unspecified atom stereocenters. The minimum Gasteiger partial charge on any atom is -0.473 e. The van der Waals surface area contributed by atoms with Crippen molar-refractivity contribution in [3.63, 3.8) is 0 Å². The number of fused-ring (bicyclic) bond motifs is 1.